The molecule has 1 saturated heterocycles. The van der Waals surface area contributed by atoms with Crippen molar-refractivity contribution in [3.63, 3.8) is 0 Å². The highest BCUT2D eigenvalue weighted by atomic mass is 16.8. The molecule has 2 aliphatic rings. The molecule has 0 radical (unpaired) electrons. The predicted octanol–water partition coefficient (Wildman–Crippen LogP) is 3.28. The Kier molecular flexibility index (Phi) is 6.31. The van der Waals surface area contributed by atoms with E-state index in [9.17, 15) is 5.11 Å². The van der Waals surface area contributed by atoms with Crippen molar-refractivity contribution in [3.8, 4) is 23.7 Å². The number of hydrogen-bond donors (Lipinski definition) is 1. The molecule has 2 rings (SSSR count). The maximum atomic E-state index is 9.26. The lowest BCUT2D eigenvalue weighted by molar-refractivity contribution is -0.154. The molecule has 0 spiro atoms. The van der Waals surface area contributed by atoms with Crippen molar-refractivity contribution in [1.29, 1.82) is 0 Å². The standard InChI is InChI=1S/C20H28O3/c1-5-10-15-13-16(14-15)19-18(22-20(3,4)23-19)12-9-7-8-11-17(21)6-2/h6,15-19,21H,2,5,10,12-14H2,1,3-4H3. The Morgan fingerprint density at radius 2 is 2.04 bits per heavy atom. The molecule has 0 aromatic rings. The maximum absolute atomic E-state index is 9.26. The summed E-state index contributed by atoms with van der Waals surface area (Å²) in [6.07, 6.45) is 6.39. The fourth-order valence-electron chi connectivity index (χ4n) is 3.48. The minimum absolute atomic E-state index is 0.0104. The summed E-state index contributed by atoms with van der Waals surface area (Å²) in [7, 11) is 0. The molecule has 126 valence electrons. The van der Waals surface area contributed by atoms with E-state index in [1.807, 2.05) is 13.8 Å². The normalized spacial score (nSPS) is 32.7. The molecule has 1 aliphatic heterocycles. The molecule has 1 saturated carbocycles. The van der Waals surface area contributed by atoms with Crippen LogP contribution >= 0.6 is 0 Å². The van der Waals surface area contributed by atoms with Crippen LogP contribution in [0.1, 0.15) is 52.9 Å². The average Bonchev–Trinajstić information content (AvgIpc) is 2.76. The van der Waals surface area contributed by atoms with Gasteiger partial charge in [-0.2, -0.15) is 0 Å². The van der Waals surface area contributed by atoms with Gasteiger partial charge >= 0.3 is 0 Å². The molecule has 0 amide bonds. The summed E-state index contributed by atoms with van der Waals surface area (Å²) in [5, 5.41) is 9.26. The largest absolute Gasteiger partial charge is 0.377 e. The van der Waals surface area contributed by atoms with Gasteiger partial charge in [-0.15, -0.1) is 0 Å². The molecule has 1 aliphatic carbocycles. The molecule has 23 heavy (non-hydrogen) atoms. The Hall–Kier alpha value is -1.26. The highest BCUT2D eigenvalue weighted by molar-refractivity contribution is 5.29. The van der Waals surface area contributed by atoms with Crippen LogP contribution in [-0.4, -0.2) is 29.2 Å². The van der Waals surface area contributed by atoms with Crippen molar-refractivity contribution < 1.29 is 14.6 Å². The zero-order valence-corrected chi connectivity index (χ0v) is 14.5. The van der Waals surface area contributed by atoms with Crippen molar-refractivity contribution in [2.24, 2.45) is 11.8 Å². The molecule has 1 heterocycles. The quantitative estimate of drug-likeness (QED) is 0.625. The van der Waals surface area contributed by atoms with Crippen molar-refractivity contribution in [2.75, 3.05) is 0 Å². The monoisotopic (exact) mass is 316 g/mol. The van der Waals surface area contributed by atoms with Crippen LogP contribution in [0.3, 0.4) is 0 Å². The highest BCUT2D eigenvalue weighted by Gasteiger charge is 2.48. The van der Waals surface area contributed by atoms with E-state index >= 15 is 0 Å². The van der Waals surface area contributed by atoms with Crippen molar-refractivity contribution in [1.82, 2.24) is 0 Å². The molecule has 2 fully saturated rings. The minimum atomic E-state index is -0.812. The van der Waals surface area contributed by atoms with Crippen LogP contribution in [-0.2, 0) is 9.47 Å². The third kappa shape index (κ3) is 5.11. The van der Waals surface area contributed by atoms with Crippen LogP contribution in [0, 0.1) is 35.5 Å². The summed E-state index contributed by atoms with van der Waals surface area (Å²) in [5.41, 5.74) is 0. The molecular formula is C20H28O3. The number of ether oxygens (including phenoxy) is 2. The summed E-state index contributed by atoms with van der Waals surface area (Å²) in [4.78, 5) is 0. The first kappa shape index (κ1) is 18.1. The SMILES string of the molecule is C=CC(O)C#CC#CCC1OC(C)(C)OC1C1CC(CCC)C1. The molecule has 3 heteroatoms. The molecule has 3 unspecified atom stereocenters. The zero-order valence-electron chi connectivity index (χ0n) is 14.5. The lowest BCUT2D eigenvalue weighted by Crippen LogP contribution is -2.39. The molecule has 0 aromatic heterocycles. The topological polar surface area (TPSA) is 38.7 Å². The first-order valence-corrected chi connectivity index (χ1v) is 8.59. The molecule has 1 N–H and O–H groups in total. The van der Waals surface area contributed by atoms with Gasteiger partial charge in [0.15, 0.2) is 5.79 Å². The summed E-state index contributed by atoms with van der Waals surface area (Å²) in [5.74, 6) is 12.0. The fraction of sp³-hybridized carbons (Fsp3) is 0.700. The predicted molar refractivity (Wildman–Crippen MR) is 91.3 cm³/mol. The Morgan fingerprint density at radius 1 is 1.30 bits per heavy atom. The Balaban J connectivity index is 1.89. The summed E-state index contributed by atoms with van der Waals surface area (Å²) < 4.78 is 12.1. The lowest BCUT2D eigenvalue weighted by atomic mass is 9.69. The van der Waals surface area contributed by atoms with Crippen molar-refractivity contribution in [2.45, 2.75) is 77.0 Å². The van der Waals surface area contributed by atoms with Crippen LogP contribution in [0.15, 0.2) is 12.7 Å². The third-order valence-corrected chi connectivity index (χ3v) is 4.55. The fourth-order valence-corrected chi connectivity index (χ4v) is 3.48. The number of aliphatic hydroxyl groups excluding tert-OH is 1. The third-order valence-electron chi connectivity index (χ3n) is 4.55. The van der Waals surface area contributed by atoms with E-state index in [2.05, 4.69) is 37.2 Å². The van der Waals surface area contributed by atoms with Gasteiger partial charge < -0.3 is 14.6 Å². The molecule has 0 aromatic carbocycles. The Morgan fingerprint density at radius 3 is 2.70 bits per heavy atom. The highest BCUT2D eigenvalue weighted by Crippen LogP contribution is 2.45. The van der Waals surface area contributed by atoms with Gasteiger partial charge in [-0.3, -0.25) is 0 Å². The molecule has 3 atom stereocenters. The average molecular weight is 316 g/mol. The van der Waals surface area contributed by atoms with Crippen LogP contribution in [0.5, 0.6) is 0 Å². The summed E-state index contributed by atoms with van der Waals surface area (Å²) in [6.45, 7) is 9.65. The van der Waals surface area contributed by atoms with Gasteiger partial charge in [-0.25, -0.2) is 0 Å². The molecular weight excluding hydrogens is 288 g/mol. The van der Waals surface area contributed by atoms with E-state index in [1.54, 1.807) is 0 Å². The van der Waals surface area contributed by atoms with Gasteiger partial charge in [0.05, 0.1) is 12.2 Å². The zero-order chi connectivity index (χ0) is 16.9. The Labute approximate surface area is 140 Å². The molecule has 0 bridgehead atoms. The minimum Gasteiger partial charge on any atom is -0.377 e. The number of aliphatic hydroxyl groups is 1. The van der Waals surface area contributed by atoms with Gasteiger partial charge in [0.1, 0.15) is 6.10 Å². The second-order valence-electron chi connectivity index (χ2n) is 6.98. The first-order valence-electron chi connectivity index (χ1n) is 8.59. The Bertz CT molecular complexity index is 523. The van der Waals surface area contributed by atoms with Crippen molar-refractivity contribution >= 4 is 0 Å². The van der Waals surface area contributed by atoms with E-state index in [-0.39, 0.29) is 12.2 Å². The second-order valence-corrected chi connectivity index (χ2v) is 6.98. The van der Waals surface area contributed by atoms with Crippen molar-refractivity contribution in [3.05, 3.63) is 12.7 Å². The van der Waals surface area contributed by atoms with Gasteiger partial charge in [-0.1, -0.05) is 44.3 Å². The summed E-state index contributed by atoms with van der Waals surface area (Å²) >= 11 is 0. The number of hydrogen-bond acceptors (Lipinski definition) is 3. The van der Waals surface area contributed by atoms with Crippen LogP contribution in [0.2, 0.25) is 0 Å². The van der Waals surface area contributed by atoms with Gasteiger partial charge in [0.2, 0.25) is 0 Å². The van der Waals surface area contributed by atoms with E-state index in [0.717, 1.165) is 5.92 Å². The second kappa shape index (κ2) is 8.02. The van der Waals surface area contributed by atoms with Crippen LogP contribution < -0.4 is 0 Å². The van der Waals surface area contributed by atoms with E-state index < -0.39 is 11.9 Å². The van der Waals surface area contributed by atoms with Gasteiger partial charge in [0, 0.05) is 6.42 Å². The maximum Gasteiger partial charge on any atom is 0.163 e. The van der Waals surface area contributed by atoms with Crippen LogP contribution in [0.4, 0.5) is 0 Å². The summed E-state index contributed by atoms with van der Waals surface area (Å²) in [6, 6.07) is 0. The smallest absolute Gasteiger partial charge is 0.163 e. The van der Waals surface area contributed by atoms with E-state index in [1.165, 1.54) is 31.8 Å². The van der Waals surface area contributed by atoms with Gasteiger partial charge in [-0.05, 0) is 50.4 Å². The van der Waals surface area contributed by atoms with E-state index in [0.29, 0.717) is 12.3 Å². The van der Waals surface area contributed by atoms with E-state index in [4.69, 9.17) is 9.47 Å². The lowest BCUT2D eigenvalue weighted by Gasteiger charge is -2.39. The number of rotatable bonds is 5. The van der Waals surface area contributed by atoms with Gasteiger partial charge in [0.25, 0.3) is 0 Å². The first-order chi connectivity index (χ1) is 10.9. The van der Waals surface area contributed by atoms with Crippen LogP contribution in [0.25, 0.3) is 0 Å². The molecule has 3 nitrogen and oxygen atoms in total.